The molecule has 1 N–H and O–H groups in total. The van der Waals surface area contributed by atoms with E-state index in [1.807, 2.05) is 6.92 Å². The summed E-state index contributed by atoms with van der Waals surface area (Å²) in [5.41, 5.74) is 0.404. The van der Waals surface area contributed by atoms with Crippen LogP contribution in [0.15, 0.2) is 22.7 Å². The Morgan fingerprint density at radius 1 is 1.62 bits per heavy atom. The molecule has 0 saturated heterocycles. The smallest absolute Gasteiger partial charge is 0.252 e. The van der Waals surface area contributed by atoms with Crippen molar-refractivity contribution in [1.82, 2.24) is 5.32 Å². The molecule has 1 amide bonds. The van der Waals surface area contributed by atoms with Crippen LogP contribution >= 0.6 is 27.5 Å². The van der Waals surface area contributed by atoms with Crippen LogP contribution < -0.4 is 5.32 Å². The Morgan fingerprint density at radius 3 is 2.88 bits per heavy atom. The first kappa shape index (κ1) is 13.5. The maximum Gasteiger partial charge on any atom is 0.252 e. The van der Waals surface area contributed by atoms with E-state index >= 15 is 0 Å². The monoisotopic (exact) mass is 307 g/mol. The molecule has 0 saturated carbocycles. The number of carbonyl (C=O) groups is 1. The Balaban J connectivity index is 2.66. The highest BCUT2D eigenvalue weighted by atomic mass is 79.9. The molecule has 0 aromatic heterocycles. The van der Waals surface area contributed by atoms with E-state index in [-0.39, 0.29) is 17.1 Å². The largest absolute Gasteiger partial charge is 0.351 e. The fraction of sp³-hybridized carbons (Fsp3) is 0.364. The first-order valence-electron chi connectivity index (χ1n) is 4.92. The summed E-state index contributed by atoms with van der Waals surface area (Å²) in [4.78, 5) is 11.7. The lowest BCUT2D eigenvalue weighted by molar-refractivity contribution is 0.0952. The number of nitrogens with one attached hydrogen (secondary N) is 1. The van der Waals surface area contributed by atoms with Crippen molar-refractivity contribution in [2.24, 2.45) is 0 Å². The van der Waals surface area contributed by atoms with E-state index in [0.717, 1.165) is 6.42 Å². The van der Waals surface area contributed by atoms with E-state index in [4.69, 9.17) is 11.6 Å². The van der Waals surface area contributed by atoms with Crippen LogP contribution in [0, 0.1) is 5.82 Å². The molecule has 0 spiro atoms. The van der Waals surface area contributed by atoms with Crippen molar-refractivity contribution in [1.29, 1.82) is 0 Å². The molecule has 1 unspecified atom stereocenters. The van der Waals surface area contributed by atoms with Crippen LogP contribution in [0.3, 0.4) is 0 Å². The van der Waals surface area contributed by atoms with Gasteiger partial charge in [-0.2, -0.15) is 0 Å². The lowest BCUT2D eigenvalue weighted by atomic mass is 10.2. The lowest BCUT2D eigenvalue weighted by Crippen LogP contribution is -2.29. The molecule has 0 aliphatic carbocycles. The van der Waals surface area contributed by atoms with Crippen LogP contribution in [-0.4, -0.2) is 17.8 Å². The summed E-state index contributed by atoms with van der Waals surface area (Å²) >= 11 is 9.01. The maximum atomic E-state index is 12.8. The van der Waals surface area contributed by atoms with E-state index in [1.54, 1.807) is 0 Å². The number of rotatable bonds is 4. The van der Waals surface area contributed by atoms with Gasteiger partial charge in [0.15, 0.2) is 0 Å². The van der Waals surface area contributed by atoms with Crippen molar-refractivity contribution in [3.05, 3.63) is 34.1 Å². The Bertz CT molecular complexity index is 386. The molecular weight excluding hydrogens is 296 g/mol. The van der Waals surface area contributed by atoms with E-state index < -0.39 is 0 Å². The molecule has 1 aromatic carbocycles. The summed E-state index contributed by atoms with van der Waals surface area (Å²) in [6, 6.07) is 3.94. The number of hydrogen-bond donors (Lipinski definition) is 1. The molecule has 0 heterocycles. The number of hydrogen-bond acceptors (Lipinski definition) is 1. The van der Waals surface area contributed by atoms with Crippen LogP contribution in [0.25, 0.3) is 0 Å². The summed E-state index contributed by atoms with van der Waals surface area (Å²) in [7, 11) is 0. The highest BCUT2D eigenvalue weighted by molar-refractivity contribution is 9.10. The first-order chi connectivity index (χ1) is 7.54. The van der Waals surface area contributed by atoms with Gasteiger partial charge in [-0.1, -0.05) is 6.92 Å². The fourth-order valence-corrected chi connectivity index (χ4v) is 1.72. The van der Waals surface area contributed by atoms with Gasteiger partial charge in [0.25, 0.3) is 5.91 Å². The summed E-state index contributed by atoms with van der Waals surface area (Å²) in [6.07, 6.45) is 0.784. The Morgan fingerprint density at radius 2 is 2.31 bits per heavy atom. The molecule has 0 radical (unpaired) electrons. The van der Waals surface area contributed by atoms with Crippen LogP contribution in [0.2, 0.25) is 0 Å². The normalized spacial score (nSPS) is 12.2. The highest BCUT2D eigenvalue weighted by Crippen LogP contribution is 2.17. The number of amides is 1. The van der Waals surface area contributed by atoms with Crippen LogP contribution in [0.5, 0.6) is 0 Å². The van der Waals surface area contributed by atoms with Crippen molar-refractivity contribution < 1.29 is 9.18 Å². The average Bonchev–Trinajstić information content (AvgIpc) is 2.25. The van der Waals surface area contributed by atoms with Gasteiger partial charge in [0, 0.05) is 11.0 Å². The van der Waals surface area contributed by atoms with Crippen LogP contribution in [-0.2, 0) is 0 Å². The summed E-state index contributed by atoms with van der Waals surface area (Å²) in [6.45, 7) is 2.35. The second-order valence-electron chi connectivity index (χ2n) is 3.34. The second-order valence-corrected chi connectivity index (χ2v) is 4.81. The van der Waals surface area contributed by atoms with Crippen LogP contribution in [0.1, 0.15) is 23.7 Å². The Labute approximate surface area is 107 Å². The quantitative estimate of drug-likeness (QED) is 0.849. The molecule has 1 rings (SSSR count). The Hall–Kier alpha value is -0.610. The molecule has 0 aliphatic rings. The molecule has 16 heavy (non-hydrogen) atoms. The van der Waals surface area contributed by atoms with Gasteiger partial charge >= 0.3 is 0 Å². The second kappa shape index (κ2) is 6.21. The molecule has 0 fully saturated rings. The molecule has 0 aliphatic heterocycles. The van der Waals surface area contributed by atoms with Crippen molar-refractivity contribution >= 4 is 33.4 Å². The third-order valence-electron chi connectivity index (χ3n) is 2.10. The number of alkyl halides is 1. The van der Waals surface area contributed by atoms with Gasteiger partial charge in [-0.15, -0.1) is 11.6 Å². The SMILES string of the molecule is CCC(Cl)CNC(=O)c1ccc(F)cc1Br. The molecule has 5 heteroatoms. The minimum absolute atomic E-state index is 0.0804. The van der Waals surface area contributed by atoms with Gasteiger partial charge in [-0.05, 0) is 40.5 Å². The molecule has 0 bridgehead atoms. The maximum absolute atomic E-state index is 12.8. The van der Waals surface area contributed by atoms with Gasteiger partial charge in [0.2, 0.25) is 0 Å². The minimum Gasteiger partial charge on any atom is -0.351 e. The van der Waals surface area contributed by atoms with E-state index in [9.17, 15) is 9.18 Å². The predicted octanol–water partition coefficient (Wildman–Crippen LogP) is 3.34. The zero-order valence-corrected chi connectivity index (χ0v) is 11.1. The molecule has 88 valence electrons. The van der Waals surface area contributed by atoms with E-state index in [0.29, 0.717) is 16.6 Å². The third-order valence-corrected chi connectivity index (χ3v) is 3.22. The van der Waals surface area contributed by atoms with Gasteiger partial charge in [0.05, 0.1) is 10.9 Å². The van der Waals surface area contributed by atoms with Gasteiger partial charge in [-0.25, -0.2) is 4.39 Å². The summed E-state index contributed by atoms with van der Waals surface area (Å²) in [5.74, 6) is -0.641. The standard InChI is InChI=1S/C11H12BrClFNO/c1-2-7(13)6-15-11(16)9-4-3-8(14)5-10(9)12/h3-5,7H,2,6H2,1H3,(H,15,16). The minimum atomic E-state index is -0.382. The topological polar surface area (TPSA) is 29.1 Å². The molecular formula is C11H12BrClFNO. The average molecular weight is 309 g/mol. The fourth-order valence-electron chi connectivity index (χ4n) is 1.12. The Kier molecular flexibility index (Phi) is 5.22. The number of halogens is 3. The van der Waals surface area contributed by atoms with Gasteiger partial charge in [-0.3, -0.25) is 4.79 Å². The lowest BCUT2D eigenvalue weighted by Gasteiger charge is -2.09. The van der Waals surface area contributed by atoms with E-state index in [1.165, 1.54) is 18.2 Å². The summed E-state index contributed by atoms with van der Waals surface area (Å²) < 4.78 is 13.2. The molecule has 2 nitrogen and oxygen atoms in total. The first-order valence-corrected chi connectivity index (χ1v) is 6.14. The van der Waals surface area contributed by atoms with Crippen molar-refractivity contribution in [2.45, 2.75) is 18.7 Å². The van der Waals surface area contributed by atoms with Crippen LogP contribution in [0.4, 0.5) is 4.39 Å². The summed E-state index contributed by atoms with van der Waals surface area (Å²) in [5, 5.41) is 2.61. The van der Waals surface area contributed by atoms with Gasteiger partial charge in [0.1, 0.15) is 5.82 Å². The number of benzene rings is 1. The van der Waals surface area contributed by atoms with E-state index in [2.05, 4.69) is 21.2 Å². The van der Waals surface area contributed by atoms with Crippen molar-refractivity contribution in [3.63, 3.8) is 0 Å². The molecule has 1 aromatic rings. The zero-order valence-electron chi connectivity index (χ0n) is 8.77. The number of carbonyl (C=O) groups excluding carboxylic acids is 1. The van der Waals surface area contributed by atoms with Crippen molar-refractivity contribution in [2.75, 3.05) is 6.54 Å². The highest BCUT2D eigenvalue weighted by Gasteiger charge is 2.11. The predicted molar refractivity (Wildman–Crippen MR) is 66.4 cm³/mol. The van der Waals surface area contributed by atoms with Gasteiger partial charge < -0.3 is 5.32 Å². The van der Waals surface area contributed by atoms with Crippen molar-refractivity contribution in [3.8, 4) is 0 Å². The zero-order chi connectivity index (χ0) is 12.1. The third kappa shape index (κ3) is 3.76. The molecule has 1 atom stereocenters.